The molecular weight excluding hydrogens is 460 g/mol. The second kappa shape index (κ2) is 9.43. The van der Waals surface area contributed by atoms with Gasteiger partial charge in [-0.3, -0.25) is 15.1 Å². The van der Waals surface area contributed by atoms with E-state index < -0.39 is 5.92 Å². The van der Waals surface area contributed by atoms with Gasteiger partial charge in [0.15, 0.2) is 5.78 Å². The number of anilines is 1. The Morgan fingerprint density at radius 1 is 1.00 bits per heavy atom. The number of benzene rings is 3. The van der Waals surface area contributed by atoms with Crippen LogP contribution >= 0.6 is 11.6 Å². The minimum atomic E-state index is -0.569. The van der Waals surface area contributed by atoms with Gasteiger partial charge in [0.25, 0.3) is 0 Å². The topological polar surface area (TPSA) is 73.6 Å². The number of methoxy groups -OCH3 is 1. The molecule has 0 bridgehead atoms. The lowest BCUT2D eigenvalue weighted by Crippen LogP contribution is -2.42. The molecule has 0 amide bonds. The molecule has 2 aliphatic rings. The molecule has 0 saturated heterocycles. The van der Waals surface area contributed by atoms with Crippen LogP contribution in [0.1, 0.15) is 36.3 Å². The zero-order chi connectivity index (χ0) is 24.5. The summed E-state index contributed by atoms with van der Waals surface area (Å²) in [6, 6.07) is 23.9. The standard InChI is InChI=1S/C29H25ClN2O3/c1-35-22-16-10-18(11-17-22)25-26-23(8-5-9-24(26)33)32(21-14-12-20(30)13-15-21)29(31)27(25)28(34)19-6-3-2-4-7-19/h2-4,6-7,10-17,25,31,34H,5,8-9H2,1H3/t25-/m0/s1. The molecule has 0 unspecified atom stereocenters. The van der Waals surface area contributed by atoms with Crippen LogP contribution < -0.4 is 9.64 Å². The van der Waals surface area contributed by atoms with Crippen LogP contribution in [0.4, 0.5) is 5.69 Å². The lowest BCUT2D eigenvalue weighted by Gasteiger charge is -2.41. The zero-order valence-corrected chi connectivity index (χ0v) is 20.0. The summed E-state index contributed by atoms with van der Waals surface area (Å²) >= 11 is 6.14. The van der Waals surface area contributed by atoms with Gasteiger partial charge in [-0.15, -0.1) is 0 Å². The first-order chi connectivity index (χ1) is 17.0. The van der Waals surface area contributed by atoms with Crippen LogP contribution in [0.2, 0.25) is 5.02 Å². The van der Waals surface area contributed by atoms with Crippen molar-refractivity contribution in [1.29, 1.82) is 5.41 Å². The van der Waals surface area contributed by atoms with Crippen molar-refractivity contribution in [3.63, 3.8) is 0 Å². The molecule has 3 aromatic rings. The van der Waals surface area contributed by atoms with Gasteiger partial charge in [0, 0.05) is 45.5 Å². The van der Waals surface area contributed by atoms with Crippen LogP contribution in [0.15, 0.2) is 95.7 Å². The number of aliphatic hydroxyl groups excluding tert-OH is 1. The van der Waals surface area contributed by atoms with E-state index in [-0.39, 0.29) is 17.4 Å². The number of rotatable bonds is 4. The molecule has 0 saturated carbocycles. The monoisotopic (exact) mass is 484 g/mol. The van der Waals surface area contributed by atoms with Gasteiger partial charge in [-0.05, 0) is 54.8 Å². The van der Waals surface area contributed by atoms with E-state index >= 15 is 0 Å². The van der Waals surface area contributed by atoms with E-state index in [1.54, 1.807) is 36.3 Å². The number of carbonyl (C=O) groups is 1. The molecular formula is C29H25ClN2O3. The molecule has 0 aromatic heterocycles. The summed E-state index contributed by atoms with van der Waals surface area (Å²) in [5.74, 6) is 0.296. The average Bonchev–Trinajstić information content (AvgIpc) is 2.89. The maximum atomic E-state index is 13.5. The number of aliphatic hydroxyl groups is 1. The maximum absolute atomic E-state index is 13.5. The molecule has 5 rings (SSSR count). The molecule has 6 heteroatoms. The number of hydrogen-bond donors (Lipinski definition) is 2. The van der Waals surface area contributed by atoms with Gasteiger partial charge in [-0.25, -0.2) is 0 Å². The largest absolute Gasteiger partial charge is 0.507 e. The minimum absolute atomic E-state index is 0.0136. The Labute approximate surface area is 209 Å². The van der Waals surface area contributed by atoms with Crippen molar-refractivity contribution < 1.29 is 14.6 Å². The maximum Gasteiger partial charge on any atom is 0.161 e. The van der Waals surface area contributed by atoms with Crippen molar-refractivity contribution in [2.24, 2.45) is 0 Å². The molecule has 2 N–H and O–H groups in total. The highest BCUT2D eigenvalue weighted by Crippen LogP contribution is 2.48. The Morgan fingerprint density at radius 3 is 2.34 bits per heavy atom. The summed E-state index contributed by atoms with van der Waals surface area (Å²) in [4.78, 5) is 15.3. The SMILES string of the molecule is COc1ccc([C@@H]2C(=C(O)c3ccccc3)C(=N)N(c3ccc(Cl)cc3)C3=C2C(=O)CCC3)cc1. The predicted molar refractivity (Wildman–Crippen MR) is 139 cm³/mol. The van der Waals surface area contributed by atoms with E-state index in [0.717, 1.165) is 16.9 Å². The van der Waals surface area contributed by atoms with Crippen molar-refractivity contribution in [3.05, 3.63) is 112 Å². The highest BCUT2D eigenvalue weighted by molar-refractivity contribution is 6.30. The van der Waals surface area contributed by atoms with Gasteiger partial charge in [-0.1, -0.05) is 54.1 Å². The highest BCUT2D eigenvalue weighted by atomic mass is 35.5. The van der Waals surface area contributed by atoms with E-state index in [1.807, 2.05) is 54.6 Å². The molecule has 1 atom stereocenters. The van der Waals surface area contributed by atoms with E-state index in [2.05, 4.69) is 0 Å². The summed E-state index contributed by atoms with van der Waals surface area (Å²) in [5.41, 5.74) is 3.97. The number of ketones is 1. The number of hydrogen-bond acceptors (Lipinski definition) is 4. The van der Waals surface area contributed by atoms with Gasteiger partial charge < -0.3 is 9.84 Å². The van der Waals surface area contributed by atoms with Crippen LogP contribution in [0.3, 0.4) is 0 Å². The fourth-order valence-electron chi connectivity index (χ4n) is 4.95. The molecule has 3 aromatic carbocycles. The smallest absolute Gasteiger partial charge is 0.161 e. The molecule has 0 fully saturated rings. The second-order valence-electron chi connectivity index (χ2n) is 8.63. The summed E-state index contributed by atoms with van der Waals surface area (Å²) in [6.45, 7) is 0. The van der Waals surface area contributed by atoms with E-state index in [0.29, 0.717) is 46.7 Å². The van der Waals surface area contributed by atoms with Crippen LogP contribution in [0.25, 0.3) is 5.76 Å². The van der Waals surface area contributed by atoms with Crippen molar-refractivity contribution >= 4 is 34.7 Å². The van der Waals surface area contributed by atoms with Gasteiger partial charge in [-0.2, -0.15) is 0 Å². The van der Waals surface area contributed by atoms with Crippen molar-refractivity contribution in [2.45, 2.75) is 25.2 Å². The van der Waals surface area contributed by atoms with Crippen molar-refractivity contribution in [2.75, 3.05) is 12.0 Å². The first kappa shape index (κ1) is 22.9. The van der Waals surface area contributed by atoms with Crippen molar-refractivity contribution in [3.8, 4) is 5.75 Å². The molecule has 35 heavy (non-hydrogen) atoms. The summed E-state index contributed by atoms with van der Waals surface area (Å²) in [6.07, 6.45) is 1.82. The second-order valence-corrected chi connectivity index (χ2v) is 9.07. The van der Waals surface area contributed by atoms with Crippen LogP contribution in [0, 0.1) is 5.41 Å². The molecule has 1 heterocycles. The van der Waals surface area contributed by atoms with Crippen molar-refractivity contribution in [1.82, 2.24) is 0 Å². The van der Waals surface area contributed by atoms with Gasteiger partial charge in [0.2, 0.25) is 0 Å². The van der Waals surface area contributed by atoms with E-state index in [4.69, 9.17) is 16.3 Å². The Hall–Kier alpha value is -3.83. The van der Waals surface area contributed by atoms with Crippen LogP contribution in [-0.4, -0.2) is 23.8 Å². The summed E-state index contributed by atoms with van der Waals surface area (Å²) in [5, 5.41) is 21.5. The zero-order valence-electron chi connectivity index (χ0n) is 19.3. The number of amidine groups is 1. The molecule has 5 nitrogen and oxygen atoms in total. The minimum Gasteiger partial charge on any atom is -0.507 e. The van der Waals surface area contributed by atoms with Crippen LogP contribution in [-0.2, 0) is 4.79 Å². The quantitative estimate of drug-likeness (QED) is 0.395. The molecule has 176 valence electrons. The van der Waals surface area contributed by atoms with Gasteiger partial charge in [0.1, 0.15) is 17.3 Å². The third kappa shape index (κ3) is 4.13. The fourth-order valence-corrected chi connectivity index (χ4v) is 5.07. The number of ether oxygens (including phenoxy) is 1. The molecule has 0 radical (unpaired) electrons. The number of halogens is 1. The third-order valence-electron chi connectivity index (χ3n) is 6.59. The first-order valence-corrected chi connectivity index (χ1v) is 11.9. The Balaban J connectivity index is 1.80. The molecule has 1 aliphatic heterocycles. The third-order valence-corrected chi connectivity index (χ3v) is 6.84. The Morgan fingerprint density at radius 2 is 1.69 bits per heavy atom. The average molecular weight is 485 g/mol. The summed E-state index contributed by atoms with van der Waals surface area (Å²) in [7, 11) is 1.60. The predicted octanol–water partition coefficient (Wildman–Crippen LogP) is 6.91. The Bertz CT molecular complexity index is 1340. The van der Waals surface area contributed by atoms with E-state index in [1.165, 1.54) is 0 Å². The lowest BCUT2D eigenvalue weighted by molar-refractivity contribution is -0.116. The number of nitrogens with zero attached hydrogens (tertiary/aromatic N) is 1. The normalized spacial score (nSPS) is 19.5. The molecule has 0 spiro atoms. The number of carbonyl (C=O) groups excluding carboxylic acids is 1. The van der Waals surface area contributed by atoms with Crippen LogP contribution in [0.5, 0.6) is 5.75 Å². The number of nitrogens with one attached hydrogen (secondary N) is 1. The lowest BCUT2D eigenvalue weighted by atomic mass is 9.73. The van der Waals surface area contributed by atoms with E-state index in [9.17, 15) is 15.3 Å². The highest BCUT2D eigenvalue weighted by Gasteiger charge is 2.43. The molecule has 1 aliphatic carbocycles. The first-order valence-electron chi connectivity index (χ1n) is 11.5. The number of allylic oxidation sites excluding steroid dienone is 2. The Kier molecular flexibility index (Phi) is 6.18. The van der Waals surface area contributed by atoms with Gasteiger partial charge in [0.05, 0.1) is 7.11 Å². The fraction of sp³-hybridized carbons (Fsp3) is 0.172. The summed E-state index contributed by atoms with van der Waals surface area (Å²) < 4.78 is 5.33. The number of Topliss-reactive ketones (excluding diaryl/α,β-unsaturated/α-hetero) is 1. The van der Waals surface area contributed by atoms with Gasteiger partial charge >= 0.3 is 0 Å².